The van der Waals surface area contributed by atoms with Crippen LogP contribution < -0.4 is 11.2 Å². The van der Waals surface area contributed by atoms with Crippen LogP contribution in [0.3, 0.4) is 0 Å². The Balaban J connectivity index is 2.82. The Hall–Kier alpha value is -1.59. The highest BCUT2D eigenvalue weighted by atomic mass is 35.5. The predicted molar refractivity (Wildman–Crippen MR) is 65.5 cm³/mol. The second kappa shape index (κ2) is 4.35. The van der Waals surface area contributed by atoms with Gasteiger partial charge in [-0.05, 0) is 19.1 Å². The Morgan fingerprint density at radius 3 is 2.82 bits per heavy atom. The fourth-order valence-electron chi connectivity index (χ4n) is 1.67. The molecule has 0 spiro atoms. The van der Waals surface area contributed by atoms with Gasteiger partial charge in [-0.2, -0.15) is 0 Å². The number of hydrogen-bond donors (Lipinski definition) is 2. The van der Waals surface area contributed by atoms with E-state index in [1.165, 1.54) is 6.92 Å². The summed E-state index contributed by atoms with van der Waals surface area (Å²) in [5.41, 5.74) is -0.699. The van der Waals surface area contributed by atoms with Crippen molar-refractivity contribution in [3.63, 3.8) is 0 Å². The number of aromatic amines is 1. The first-order chi connectivity index (χ1) is 8.00. The van der Waals surface area contributed by atoms with Crippen molar-refractivity contribution in [1.82, 2.24) is 9.55 Å². The third-order valence-corrected chi connectivity index (χ3v) is 2.73. The van der Waals surface area contributed by atoms with E-state index < -0.39 is 17.4 Å². The summed E-state index contributed by atoms with van der Waals surface area (Å²) in [6, 6.07) is 4.81. The van der Waals surface area contributed by atoms with Crippen molar-refractivity contribution >= 4 is 22.5 Å². The van der Waals surface area contributed by atoms with Crippen molar-refractivity contribution < 1.29 is 5.11 Å². The highest BCUT2D eigenvalue weighted by Gasteiger charge is 2.10. The number of H-pyrrole nitrogens is 1. The zero-order valence-corrected chi connectivity index (χ0v) is 9.86. The molecule has 0 saturated heterocycles. The Bertz CT molecular complexity index is 672. The first kappa shape index (κ1) is 11.9. The molecule has 2 aromatic rings. The first-order valence-electron chi connectivity index (χ1n) is 5.10. The lowest BCUT2D eigenvalue weighted by Gasteiger charge is -2.08. The van der Waals surface area contributed by atoms with E-state index >= 15 is 0 Å². The van der Waals surface area contributed by atoms with Crippen molar-refractivity contribution in [2.24, 2.45) is 0 Å². The van der Waals surface area contributed by atoms with Crippen molar-refractivity contribution in [1.29, 1.82) is 0 Å². The molecule has 0 saturated carbocycles. The van der Waals surface area contributed by atoms with Crippen molar-refractivity contribution in [3.05, 3.63) is 44.1 Å². The first-order valence-corrected chi connectivity index (χ1v) is 5.48. The van der Waals surface area contributed by atoms with Gasteiger partial charge in [-0.3, -0.25) is 9.36 Å². The Morgan fingerprint density at radius 1 is 1.47 bits per heavy atom. The summed E-state index contributed by atoms with van der Waals surface area (Å²) >= 11 is 5.89. The zero-order chi connectivity index (χ0) is 12.6. The lowest BCUT2D eigenvalue weighted by molar-refractivity contribution is 0.170. The molecule has 0 fully saturated rings. The van der Waals surface area contributed by atoms with Gasteiger partial charge in [0.05, 0.1) is 28.6 Å². The molecule has 0 amide bonds. The van der Waals surface area contributed by atoms with Crippen LogP contribution in [0.15, 0.2) is 27.8 Å². The molecule has 0 aliphatic heterocycles. The number of benzene rings is 1. The number of nitrogens with one attached hydrogen (secondary N) is 1. The van der Waals surface area contributed by atoms with Crippen LogP contribution in [0.2, 0.25) is 5.02 Å². The number of aliphatic hydroxyl groups excluding tert-OH is 1. The summed E-state index contributed by atoms with van der Waals surface area (Å²) in [5, 5.41) is 9.89. The summed E-state index contributed by atoms with van der Waals surface area (Å²) in [5.74, 6) is 0. The second-order valence-electron chi connectivity index (χ2n) is 3.86. The fraction of sp³-hybridized carbons (Fsp3) is 0.273. The number of rotatable bonds is 2. The minimum absolute atomic E-state index is 0.0450. The third kappa shape index (κ3) is 2.11. The van der Waals surface area contributed by atoms with Gasteiger partial charge in [-0.25, -0.2) is 4.79 Å². The van der Waals surface area contributed by atoms with Crippen molar-refractivity contribution in [3.8, 4) is 0 Å². The molecule has 2 rings (SSSR count). The number of para-hydroxylation sites is 1. The molecule has 1 unspecified atom stereocenters. The number of aliphatic hydroxyl groups is 1. The van der Waals surface area contributed by atoms with Gasteiger partial charge in [0.2, 0.25) is 0 Å². The standard InChI is InChI=1S/C11H11ClN2O3/c1-6(15)5-14-10(16)7-3-2-4-8(12)9(7)13-11(14)17/h2-4,6,15H,5H2,1H3,(H,13,17). The summed E-state index contributed by atoms with van der Waals surface area (Å²) in [4.78, 5) is 26.2. The van der Waals surface area contributed by atoms with E-state index in [4.69, 9.17) is 11.6 Å². The maximum absolute atomic E-state index is 12.0. The normalized spacial score (nSPS) is 12.9. The molecule has 0 aliphatic rings. The van der Waals surface area contributed by atoms with E-state index in [0.717, 1.165) is 4.57 Å². The highest BCUT2D eigenvalue weighted by Crippen LogP contribution is 2.16. The molecule has 2 N–H and O–H groups in total. The minimum atomic E-state index is -0.773. The van der Waals surface area contributed by atoms with E-state index in [0.29, 0.717) is 15.9 Å². The largest absolute Gasteiger partial charge is 0.392 e. The second-order valence-corrected chi connectivity index (χ2v) is 4.26. The van der Waals surface area contributed by atoms with Crippen LogP contribution in [-0.2, 0) is 6.54 Å². The number of halogens is 1. The topological polar surface area (TPSA) is 75.1 Å². The van der Waals surface area contributed by atoms with Gasteiger partial charge in [-0.15, -0.1) is 0 Å². The van der Waals surface area contributed by atoms with Crippen molar-refractivity contribution in [2.45, 2.75) is 19.6 Å². The Kier molecular flexibility index (Phi) is 3.04. The van der Waals surface area contributed by atoms with Gasteiger partial charge in [0.15, 0.2) is 0 Å². The summed E-state index contributed by atoms with van der Waals surface area (Å²) < 4.78 is 0.962. The van der Waals surface area contributed by atoms with Gasteiger partial charge in [0.1, 0.15) is 0 Å². The van der Waals surface area contributed by atoms with Gasteiger partial charge >= 0.3 is 5.69 Å². The van der Waals surface area contributed by atoms with Gasteiger partial charge < -0.3 is 10.1 Å². The van der Waals surface area contributed by atoms with Crippen LogP contribution in [0.1, 0.15) is 6.92 Å². The molecule has 6 heteroatoms. The molecule has 0 bridgehead atoms. The van der Waals surface area contributed by atoms with Crippen LogP contribution in [0, 0.1) is 0 Å². The lowest BCUT2D eigenvalue weighted by Crippen LogP contribution is -2.37. The molecule has 0 radical (unpaired) electrons. The monoisotopic (exact) mass is 254 g/mol. The molecule has 0 aliphatic carbocycles. The lowest BCUT2D eigenvalue weighted by atomic mass is 10.2. The van der Waals surface area contributed by atoms with Crippen LogP contribution >= 0.6 is 11.6 Å². The van der Waals surface area contributed by atoms with E-state index in [1.54, 1.807) is 18.2 Å². The fourth-order valence-corrected chi connectivity index (χ4v) is 1.89. The number of hydrogen-bond acceptors (Lipinski definition) is 3. The van der Waals surface area contributed by atoms with Crippen molar-refractivity contribution in [2.75, 3.05) is 0 Å². The maximum atomic E-state index is 12.0. The zero-order valence-electron chi connectivity index (χ0n) is 9.11. The number of nitrogens with zero attached hydrogens (tertiary/aromatic N) is 1. The quantitative estimate of drug-likeness (QED) is 0.829. The maximum Gasteiger partial charge on any atom is 0.328 e. The Labute approximate surface area is 101 Å². The van der Waals surface area contributed by atoms with E-state index in [9.17, 15) is 14.7 Å². The molecule has 1 atom stereocenters. The number of fused-ring (bicyclic) bond motifs is 1. The summed E-state index contributed by atoms with van der Waals surface area (Å²) in [6.07, 6.45) is -0.773. The molecule has 1 heterocycles. The van der Waals surface area contributed by atoms with Gasteiger partial charge in [0, 0.05) is 0 Å². The van der Waals surface area contributed by atoms with Gasteiger partial charge in [0.25, 0.3) is 5.56 Å². The molecular formula is C11H11ClN2O3. The van der Waals surface area contributed by atoms with E-state index in [1.807, 2.05) is 0 Å². The van der Waals surface area contributed by atoms with Crippen LogP contribution in [0.4, 0.5) is 0 Å². The highest BCUT2D eigenvalue weighted by molar-refractivity contribution is 6.34. The van der Waals surface area contributed by atoms with Crippen LogP contribution in [0.25, 0.3) is 10.9 Å². The van der Waals surface area contributed by atoms with E-state index in [-0.39, 0.29) is 6.54 Å². The average molecular weight is 255 g/mol. The molecule has 17 heavy (non-hydrogen) atoms. The van der Waals surface area contributed by atoms with Crippen LogP contribution in [-0.4, -0.2) is 20.8 Å². The molecule has 1 aromatic carbocycles. The SMILES string of the molecule is CC(O)Cn1c(=O)[nH]c2c(Cl)cccc2c1=O. The number of aromatic nitrogens is 2. The van der Waals surface area contributed by atoms with Gasteiger partial charge in [-0.1, -0.05) is 17.7 Å². The summed E-state index contributed by atoms with van der Waals surface area (Å²) in [6.45, 7) is 1.46. The Morgan fingerprint density at radius 2 is 2.18 bits per heavy atom. The third-order valence-electron chi connectivity index (χ3n) is 2.41. The predicted octanol–water partition coefficient (Wildman–Crippen LogP) is 0.724. The molecule has 5 nitrogen and oxygen atoms in total. The summed E-state index contributed by atoms with van der Waals surface area (Å²) in [7, 11) is 0. The molecule has 90 valence electrons. The molecular weight excluding hydrogens is 244 g/mol. The smallest absolute Gasteiger partial charge is 0.328 e. The molecule has 1 aromatic heterocycles. The average Bonchev–Trinajstić information content (AvgIpc) is 2.26. The van der Waals surface area contributed by atoms with E-state index in [2.05, 4.69) is 4.98 Å². The van der Waals surface area contributed by atoms with Crippen LogP contribution in [0.5, 0.6) is 0 Å². The minimum Gasteiger partial charge on any atom is -0.392 e.